The molecular formula is C20H34BrNO7. The Morgan fingerprint density at radius 2 is 1.03 bits per heavy atom. The second-order valence-corrected chi connectivity index (χ2v) is 10.8. The van der Waals surface area contributed by atoms with Gasteiger partial charge in [0.2, 0.25) is 0 Å². The van der Waals surface area contributed by atoms with Gasteiger partial charge in [-0.1, -0.05) is 0 Å². The van der Waals surface area contributed by atoms with E-state index >= 15 is 0 Å². The number of esters is 1. The molecule has 0 aromatic rings. The summed E-state index contributed by atoms with van der Waals surface area (Å²) in [5, 5.41) is 0. The van der Waals surface area contributed by atoms with E-state index in [-0.39, 0.29) is 17.5 Å². The predicted octanol–water partition coefficient (Wildman–Crippen LogP) is 4.96. The number of hydrogen-bond donors (Lipinski definition) is 0. The number of nitrogens with zero attached hydrogens (tertiary/aromatic N) is 1. The normalized spacial score (nSPS) is 14.4. The molecule has 1 atom stereocenters. The molecule has 8 nitrogen and oxygen atoms in total. The van der Waals surface area contributed by atoms with Crippen LogP contribution in [0.2, 0.25) is 0 Å². The molecule has 1 unspecified atom stereocenters. The Kier molecular flexibility index (Phi) is 8.91. The maximum absolute atomic E-state index is 13.1. The highest BCUT2D eigenvalue weighted by Gasteiger charge is 2.51. The van der Waals surface area contributed by atoms with Crippen LogP contribution in [0.15, 0.2) is 0 Å². The van der Waals surface area contributed by atoms with Gasteiger partial charge in [0.25, 0.3) is 0 Å². The van der Waals surface area contributed by atoms with Crippen molar-refractivity contribution in [1.82, 2.24) is 4.90 Å². The van der Waals surface area contributed by atoms with Gasteiger partial charge in [0.05, 0.1) is 0 Å². The summed E-state index contributed by atoms with van der Waals surface area (Å²) in [6.07, 6.45) is -2.44. The van der Waals surface area contributed by atoms with Crippen LogP contribution in [-0.4, -0.2) is 50.1 Å². The monoisotopic (exact) mass is 479 g/mol. The zero-order valence-electron chi connectivity index (χ0n) is 19.1. The first-order chi connectivity index (χ1) is 12.7. The number of halogens is 1. The average Bonchev–Trinajstić information content (AvgIpc) is 2.39. The van der Waals surface area contributed by atoms with Crippen molar-refractivity contribution in [2.75, 3.05) is 0 Å². The van der Waals surface area contributed by atoms with Crippen molar-refractivity contribution in [1.29, 1.82) is 0 Å². The minimum atomic E-state index is -1.83. The smallest absolute Gasteiger partial charge is 0.420 e. The molecule has 0 saturated carbocycles. The third-order valence-electron chi connectivity index (χ3n) is 3.29. The Labute approximate surface area is 181 Å². The van der Waals surface area contributed by atoms with Gasteiger partial charge < -0.3 is 14.2 Å². The molecular weight excluding hydrogens is 446 g/mol. The number of imide groups is 1. The van der Waals surface area contributed by atoms with Gasteiger partial charge in [0, 0.05) is 6.42 Å². The van der Waals surface area contributed by atoms with Gasteiger partial charge in [-0.05, 0) is 91.6 Å². The van der Waals surface area contributed by atoms with Crippen LogP contribution < -0.4 is 0 Å². The molecule has 0 spiro atoms. The standard InChI is InChI=1S/C20H34BrNO7/c1-17(2,3)27-14(24)20(10,12-11-13(21)23)22(15(25)28-18(4,5)6)16(26)29-19(7,8)9/h11-12H2,1-10H3. The molecule has 0 aliphatic carbocycles. The molecule has 29 heavy (non-hydrogen) atoms. The minimum absolute atomic E-state index is 0.127. The second kappa shape index (κ2) is 9.45. The maximum Gasteiger partial charge on any atom is 0.420 e. The van der Waals surface area contributed by atoms with Crippen LogP contribution in [0, 0.1) is 0 Å². The molecule has 0 radical (unpaired) electrons. The molecule has 0 aromatic carbocycles. The number of rotatable bonds is 5. The number of ether oxygens (including phenoxy) is 3. The molecule has 2 amide bonds. The lowest BCUT2D eigenvalue weighted by atomic mass is 9.93. The van der Waals surface area contributed by atoms with Crippen molar-refractivity contribution < 1.29 is 33.4 Å². The van der Waals surface area contributed by atoms with E-state index in [9.17, 15) is 19.2 Å². The third-order valence-corrected chi connectivity index (χ3v) is 3.69. The van der Waals surface area contributed by atoms with Crippen molar-refractivity contribution >= 4 is 38.8 Å². The van der Waals surface area contributed by atoms with Crippen LogP contribution in [0.4, 0.5) is 9.59 Å². The highest BCUT2D eigenvalue weighted by molar-refractivity contribution is 9.18. The summed E-state index contributed by atoms with van der Waals surface area (Å²) in [7, 11) is 0. The summed E-state index contributed by atoms with van der Waals surface area (Å²) in [6, 6.07) is 0. The Hall–Kier alpha value is -1.64. The molecule has 0 rings (SSSR count). The third kappa shape index (κ3) is 10.1. The maximum atomic E-state index is 13.1. The van der Waals surface area contributed by atoms with Crippen LogP contribution in [0.5, 0.6) is 0 Å². The van der Waals surface area contributed by atoms with Crippen molar-refractivity contribution in [2.45, 2.75) is 104 Å². The zero-order chi connectivity index (χ0) is 23.4. The predicted molar refractivity (Wildman–Crippen MR) is 112 cm³/mol. The molecule has 0 N–H and O–H groups in total. The number of carbonyl (C=O) groups is 4. The fraction of sp³-hybridized carbons (Fsp3) is 0.800. The SMILES string of the molecule is CC(C)(C)OC(=O)N(C(=O)OC(C)(C)C)C(C)(CCC(=O)Br)C(=O)OC(C)(C)C. The van der Waals surface area contributed by atoms with Crippen molar-refractivity contribution in [3.05, 3.63) is 0 Å². The fourth-order valence-electron chi connectivity index (χ4n) is 2.13. The van der Waals surface area contributed by atoms with Crippen LogP contribution >= 0.6 is 15.9 Å². The van der Waals surface area contributed by atoms with Crippen molar-refractivity contribution in [3.8, 4) is 0 Å². The lowest BCUT2D eigenvalue weighted by molar-refractivity contribution is -0.168. The molecule has 0 saturated heterocycles. The molecule has 0 bridgehead atoms. The number of amides is 2. The van der Waals surface area contributed by atoms with Gasteiger partial charge in [0.15, 0.2) is 10.2 Å². The van der Waals surface area contributed by atoms with Gasteiger partial charge in [-0.15, -0.1) is 0 Å². The highest BCUT2D eigenvalue weighted by atomic mass is 79.9. The van der Waals surface area contributed by atoms with Crippen molar-refractivity contribution in [3.63, 3.8) is 0 Å². The summed E-state index contributed by atoms with van der Waals surface area (Å²) in [5.74, 6) is -0.851. The fourth-order valence-corrected chi connectivity index (χ4v) is 2.33. The van der Waals surface area contributed by atoms with Gasteiger partial charge in [0.1, 0.15) is 16.8 Å². The molecule has 0 aliphatic rings. The first-order valence-electron chi connectivity index (χ1n) is 9.36. The van der Waals surface area contributed by atoms with Crippen LogP contribution in [0.3, 0.4) is 0 Å². The topological polar surface area (TPSA) is 99.2 Å². The van der Waals surface area contributed by atoms with Crippen molar-refractivity contribution in [2.24, 2.45) is 0 Å². The summed E-state index contributed by atoms with van der Waals surface area (Å²) >= 11 is 2.82. The second-order valence-electron chi connectivity index (χ2n) is 9.93. The molecule has 168 valence electrons. The Bertz CT molecular complexity index is 613. The van der Waals surface area contributed by atoms with E-state index in [1.54, 1.807) is 62.3 Å². The summed E-state index contributed by atoms with van der Waals surface area (Å²) in [5.41, 5.74) is -4.58. The Balaban J connectivity index is 6.35. The van der Waals surface area contributed by atoms with Gasteiger partial charge in [-0.25, -0.2) is 14.4 Å². The zero-order valence-corrected chi connectivity index (χ0v) is 20.7. The quantitative estimate of drug-likeness (QED) is 0.312. The first-order valence-corrected chi connectivity index (χ1v) is 10.2. The van der Waals surface area contributed by atoms with Crippen LogP contribution in [0.25, 0.3) is 0 Å². The lowest BCUT2D eigenvalue weighted by Crippen LogP contribution is -2.60. The molecule has 0 aliphatic heterocycles. The van der Waals surface area contributed by atoms with Crippen LogP contribution in [-0.2, 0) is 23.8 Å². The average molecular weight is 480 g/mol. The summed E-state index contributed by atoms with van der Waals surface area (Å²) in [6.45, 7) is 16.1. The first kappa shape index (κ1) is 27.4. The van der Waals surface area contributed by atoms with Gasteiger partial charge in [-0.3, -0.25) is 4.79 Å². The largest absolute Gasteiger partial charge is 0.458 e. The lowest BCUT2D eigenvalue weighted by Gasteiger charge is -2.39. The van der Waals surface area contributed by atoms with E-state index in [0.717, 1.165) is 0 Å². The molecule has 0 fully saturated rings. The van der Waals surface area contributed by atoms with E-state index in [4.69, 9.17) is 14.2 Å². The summed E-state index contributed by atoms with van der Waals surface area (Å²) < 4.78 is 15.8. The molecule has 0 aromatic heterocycles. The van der Waals surface area contributed by atoms with E-state index in [0.29, 0.717) is 4.90 Å². The Morgan fingerprint density at radius 1 is 0.690 bits per heavy atom. The van der Waals surface area contributed by atoms with E-state index < -0.39 is 40.5 Å². The number of carbonyl (C=O) groups excluding carboxylic acids is 4. The van der Waals surface area contributed by atoms with E-state index in [1.807, 2.05) is 0 Å². The van der Waals surface area contributed by atoms with E-state index in [2.05, 4.69) is 15.9 Å². The molecule has 0 heterocycles. The molecule has 9 heteroatoms. The summed E-state index contributed by atoms with van der Waals surface area (Å²) in [4.78, 5) is 51.1. The van der Waals surface area contributed by atoms with Gasteiger partial charge in [-0.2, -0.15) is 4.90 Å². The number of hydrogen-bond acceptors (Lipinski definition) is 7. The Morgan fingerprint density at radius 3 is 1.31 bits per heavy atom. The van der Waals surface area contributed by atoms with Crippen LogP contribution in [0.1, 0.15) is 82.1 Å². The van der Waals surface area contributed by atoms with Gasteiger partial charge >= 0.3 is 18.2 Å². The highest BCUT2D eigenvalue weighted by Crippen LogP contribution is 2.30. The minimum Gasteiger partial charge on any atom is -0.458 e. The van der Waals surface area contributed by atoms with E-state index in [1.165, 1.54) is 6.92 Å².